The van der Waals surface area contributed by atoms with Crippen LogP contribution in [0.5, 0.6) is 0 Å². The summed E-state index contributed by atoms with van der Waals surface area (Å²) in [7, 11) is 0. The van der Waals surface area contributed by atoms with Gasteiger partial charge in [0.05, 0.1) is 11.5 Å². The van der Waals surface area contributed by atoms with Crippen molar-refractivity contribution in [2.75, 3.05) is 6.54 Å². The molecule has 0 amide bonds. The maximum absolute atomic E-state index is 10.8. The Hall–Kier alpha value is -1.86. The summed E-state index contributed by atoms with van der Waals surface area (Å²) < 4.78 is 0. The fourth-order valence-electron chi connectivity index (χ4n) is 1.79. The Morgan fingerprint density at radius 3 is 2.89 bits per heavy atom. The van der Waals surface area contributed by atoms with Crippen LogP contribution in [0.4, 0.5) is 5.69 Å². The van der Waals surface area contributed by atoms with Crippen LogP contribution in [0.1, 0.15) is 38.3 Å². The number of hydrogen-bond donors (Lipinski definition) is 1. The maximum Gasteiger partial charge on any atom is 0.269 e. The summed E-state index contributed by atoms with van der Waals surface area (Å²) >= 11 is 0. The van der Waals surface area contributed by atoms with E-state index in [2.05, 4.69) is 24.1 Å². The Morgan fingerprint density at radius 1 is 1.50 bits per heavy atom. The lowest BCUT2D eigenvalue weighted by molar-refractivity contribution is -0.384. The predicted octanol–water partition coefficient (Wildman–Crippen LogP) is 3.05. The number of nitro benzene ring substituents is 1. The van der Waals surface area contributed by atoms with E-state index >= 15 is 0 Å². The molecule has 1 unspecified atom stereocenters. The van der Waals surface area contributed by atoms with E-state index in [4.69, 9.17) is 0 Å². The molecular formula is C14H18N2O2. The van der Waals surface area contributed by atoms with E-state index in [1.165, 1.54) is 6.07 Å². The first kappa shape index (κ1) is 14.2. The molecule has 1 aromatic rings. The SMILES string of the molecule is CC#CCNC(CCC)c1cccc([N+](=O)[O-])c1. The van der Waals surface area contributed by atoms with Gasteiger partial charge in [0.2, 0.25) is 0 Å². The quantitative estimate of drug-likeness (QED) is 0.477. The number of nitrogens with one attached hydrogen (secondary N) is 1. The Morgan fingerprint density at radius 2 is 2.28 bits per heavy atom. The normalized spacial score (nSPS) is 11.4. The monoisotopic (exact) mass is 246 g/mol. The van der Waals surface area contributed by atoms with Gasteiger partial charge < -0.3 is 0 Å². The lowest BCUT2D eigenvalue weighted by Crippen LogP contribution is -2.21. The number of benzene rings is 1. The topological polar surface area (TPSA) is 55.2 Å². The predicted molar refractivity (Wildman–Crippen MR) is 72.2 cm³/mol. The molecule has 96 valence electrons. The molecular weight excluding hydrogens is 228 g/mol. The van der Waals surface area contributed by atoms with Crippen LogP contribution in [0.25, 0.3) is 0 Å². The van der Waals surface area contributed by atoms with Crippen LogP contribution >= 0.6 is 0 Å². The average molecular weight is 246 g/mol. The molecule has 0 radical (unpaired) electrons. The third-order valence-electron chi connectivity index (χ3n) is 2.67. The van der Waals surface area contributed by atoms with E-state index in [9.17, 15) is 10.1 Å². The van der Waals surface area contributed by atoms with Crippen LogP contribution in [0.3, 0.4) is 0 Å². The van der Waals surface area contributed by atoms with Crippen LogP contribution < -0.4 is 5.32 Å². The lowest BCUT2D eigenvalue weighted by Gasteiger charge is -2.16. The van der Waals surface area contributed by atoms with Gasteiger partial charge in [-0.1, -0.05) is 31.4 Å². The average Bonchev–Trinajstić information content (AvgIpc) is 2.38. The zero-order valence-corrected chi connectivity index (χ0v) is 10.8. The maximum atomic E-state index is 10.8. The molecule has 1 rings (SSSR count). The van der Waals surface area contributed by atoms with E-state index in [0.29, 0.717) is 6.54 Å². The molecule has 0 heterocycles. The number of nitro groups is 1. The van der Waals surface area contributed by atoms with E-state index < -0.39 is 0 Å². The number of nitrogens with zero attached hydrogens (tertiary/aromatic N) is 1. The van der Waals surface area contributed by atoms with Crippen LogP contribution in [-0.4, -0.2) is 11.5 Å². The minimum absolute atomic E-state index is 0.121. The highest BCUT2D eigenvalue weighted by Gasteiger charge is 2.13. The molecule has 0 bridgehead atoms. The molecule has 0 aromatic heterocycles. The summed E-state index contributed by atoms with van der Waals surface area (Å²) in [5.74, 6) is 5.77. The number of hydrogen-bond acceptors (Lipinski definition) is 3. The molecule has 18 heavy (non-hydrogen) atoms. The van der Waals surface area contributed by atoms with Gasteiger partial charge in [0.1, 0.15) is 0 Å². The van der Waals surface area contributed by atoms with Gasteiger partial charge in [-0.15, -0.1) is 5.92 Å². The van der Waals surface area contributed by atoms with Gasteiger partial charge in [0.15, 0.2) is 0 Å². The summed E-state index contributed by atoms with van der Waals surface area (Å²) in [6, 6.07) is 6.91. The van der Waals surface area contributed by atoms with Crippen molar-refractivity contribution >= 4 is 5.69 Å². The molecule has 1 atom stereocenters. The van der Waals surface area contributed by atoms with Gasteiger partial charge in [-0.05, 0) is 18.9 Å². The highest BCUT2D eigenvalue weighted by molar-refractivity contribution is 5.35. The Kier molecular flexibility index (Phi) is 5.89. The highest BCUT2D eigenvalue weighted by atomic mass is 16.6. The molecule has 0 aliphatic rings. The van der Waals surface area contributed by atoms with Crippen LogP contribution in [0.15, 0.2) is 24.3 Å². The molecule has 0 saturated carbocycles. The minimum Gasteiger partial charge on any atom is -0.299 e. The summed E-state index contributed by atoms with van der Waals surface area (Å²) in [5.41, 5.74) is 1.08. The van der Waals surface area contributed by atoms with Gasteiger partial charge >= 0.3 is 0 Å². The molecule has 1 aromatic carbocycles. The van der Waals surface area contributed by atoms with Crippen LogP contribution in [-0.2, 0) is 0 Å². The Labute approximate surface area is 108 Å². The second-order valence-corrected chi connectivity index (χ2v) is 4.00. The molecule has 0 saturated heterocycles. The molecule has 4 nitrogen and oxygen atoms in total. The summed E-state index contributed by atoms with van der Waals surface area (Å²) in [5, 5.41) is 14.1. The molecule has 0 aliphatic heterocycles. The van der Waals surface area contributed by atoms with Gasteiger partial charge in [-0.3, -0.25) is 15.4 Å². The van der Waals surface area contributed by atoms with E-state index in [1.807, 2.05) is 6.07 Å². The van der Waals surface area contributed by atoms with Crippen molar-refractivity contribution < 1.29 is 4.92 Å². The van der Waals surface area contributed by atoms with Crippen molar-refractivity contribution in [2.45, 2.75) is 32.7 Å². The minimum atomic E-state index is -0.363. The van der Waals surface area contributed by atoms with Crippen molar-refractivity contribution in [3.05, 3.63) is 39.9 Å². The summed E-state index contributed by atoms with van der Waals surface area (Å²) in [6.07, 6.45) is 1.95. The van der Waals surface area contributed by atoms with Gasteiger partial charge in [-0.25, -0.2) is 0 Å². The first-order valence-corrected chi connectivity index (χ1v) is 6.06. The standard InChI is InChI=1S/C14H18N2O2/c1-3-5-10-15-14(7-4-2)12-8-6-9-13(11-12)16(17)18/h6,8-9,11,14-15H,4,7,10H2,1-2H3. The van der Waals surface area contributed by atoms with E-state index in [-0.39, 0.29) is 16.7 Å². The van der Waals surface area contributed by atoms with Crippen LogP contribution in [0, 0.1) is 22.0 Å². The number of non-ortho nitro benzene ring substituents is 1. The third kappa shape index (κ3) is 4.19. The van der Waals surface area contributed by atoms with Gasteiger partial charge in [-0.2, -0.15) is 0 Å². The second kappa shape index (κ2) is 7.46. The first-order valence-electron chi connectivity index (χ1n) is 6.06. The third-order valence-corrected chi connectivity index (χ3v) is 2.67. The molecule has 4 heteroatoms. The van der Waals surface area contributed by atoms with E-state index in [1.54, 1.807) is 19.1 Å². The molecule has 0 fully saturated rings. The van der Waals surface area contributed by atoms with E-state index in [0.717, 1.165) is 18.4 Å². The Balaban J connectivity index is 2.85. The second-order valence-electron chi connectivity index (χ2n) is 4.00. The lowest BCUT2D eigenvalue weighted by atomic mass is 10.0. The molecule has 1 N–H and O–H groups in total. The van der Waals surface area contributed by atoms with Crippen molar-refractivity contribution in [2.24, 2.45) is 0 Å². The van der Waals surface area contributed by atoms with Crippen molar-refractivity contribution in [3.63, 3.8) is 0 Å². The fourth-order valence-corrected chi connectivity index (χ4v) is 1.79. The fraction of sp³-hybridized carbons (Fsp3) is 0.429. The van der Waals surface area contributed by atoms with Gasteiger partial charge in [0.25, 0.3) is 5.69 Å². The number of rotatable bonds is 6. The highest BCUT2D eigenvalue weighted by Crippen LogP contribution is 2.22. The zero-order chi connectivity index (χ0) is 13.4. The summed E-state index contributed by atoms with van der Waals surface area (Å²) in [4.78, 5) is 10.4. The van der Waals surface area contributed by atoms with Crippen molar-refractivity contribution in [1.29, 1.82) is 0 Å². The molecule has 0 aliphatic carbocycles. The summed E-state index contributed by atoms with van der Waals surface area (Å²) in [6.45, 7) is 4.49. The van der Waals surface area contributed by atoms with Crippen molar-refractivity contribution in [3.8, 4) is 11.8 Å². The Bertz CT molecular complexity index is 460. The van der Waals surface area contributed by atoms with Crippen LogP contribution in [0.2, 0.25) is 0 Å². The largest absolute Gasteiger partial charge is 0.299 e. The first-order chi connectivity index (χ1) is 8.69. The zero-order valence-electron chi connectivity index (χ0n) is 10.8. The smallest absolute Gasteiger partial charge is 0.269 e. The van der Waals surface area contributed by atoms with Gasteiger partial charge in [0, 0.05) is 18.2 Å². The van der Waals surface area contributed by atoms with Crippen molar-refractivity contribution in [1.82, 2.24) is 5.32 Å². The molecule has 0 spiro atoms.